The van der Waals surface area contributed by atoms with E-state index in [0.29, 0.717) is 12.6 Å². The second-order valence-corrected chi connectivity index (χ2v) is 4.77. The Labute approximate surface area is 87.6 Å². The lowest BCUT2D eigenvalue weighted by Gasteiger charge is -2.36. The van der Waals surface area contributed by atoms with E-state index in [9.17, 15) is 0 Å². The van der Waals surface area contributed by atoms with E-state index >= 15 is 0 Å². The highest BCUT2D eigenvalue weighted by Crippen LogP contribution is 2.30. The highest BCUT2D eigenvalue weighted by Gasteiger charge is 2.26. The molecule has 0 atom stereocenters. The summed E-state index contributed by atoms with van der Waals surface area (Å²) in [4.78, 5) is 2.19. The summed E-state index contributed by atoms with van der Waals surface area (Å²) in [7, 11) is 0. The minimum atomic E-state index is 0.190. The average Bonchev–Trinajstić information content (AvgIpc) is 2.48. The molecular formula is C9H15N3OS. The Bertz CT molecular complexity index is 298. The Hall–Kier alpha value is -0.680. The molecule has 1 saturated carbocycles. The number of aromatic nitrogens is 2. The fraction of sp³-hybridized carbons (Fsp3) is 0.778. The van der Waals surface area contributed by atoms with Gasteiger partial charge in [-0.2, -0.15) is 0 Å². The molecule has 1 aliphatic carbocycles. The van der Waals surface area contributed by atoms with Gasteiger partial charge in [-0.3, -0.25) is 0 Å². The van der Waals surface area contributed by atoms with Crippen molar-refractivity contribution < 1.29 is 5.11 Å². The van der Waals surface area contributed by atoms with Crippen molar-refractivity contribution in [2.75, 3.05) is 18.1 Å². The lowest BCUT2D eigenvalue weighted by Crippen LogP contribution is -2.41. The van der Waals surface area contributed by atoms with Crippen molar-refractivity contribution in [1.29, 1.82) is 0 Å². The third-order valence-corrected chi connectivity index (χ3v) is 3.49. The number of hydrogen-bond acceptors (Lipinski definition) is 5. The summed E-state index contributed by atoms with van der Waals surface area (Å²) in [6.45, 7) is 2.83. The first kappa shape index (κ1) is 9.86. The Balaban J connectivity index is 2.09. The molecule has 0 amide bonds. The van der Waals surface area contributed by atoms with Crippen LogP contribution < -0.4 is 4.90 Å². The molecule has 78 valence electrons. The van der Waals surface area contributed by atoms with Gasteiger partial charge >= 0.3 is 0 Å². The normalized spacial score (nSPS) is 16.7. The van der Waals surface area contributed by atoms with Crippen LogP contribution >= 0.6 is 11.3 Å². The molecule has 5 heteroatoms. The van der Waals surface area contributed by atoms with E-state index in [2.05, 4.69) is 15.1 Å². The van der Waals surface area contributed by atoms with E-state index in [-0.39, 0.29) is 6.61 Å². The number of anilines is 1. The summed E-state index contributed by atoms with van der Waals surface area (Å²) < 4.78 is 0. The third-order valence-electron chi connectivity index (χ3n) is 2.62. The van der Waals surface area contributed by atoms with Crippen molar-refractivity contribution in [3.8, 4) is 0 Å². The van der Waals surface area contributed by atoms with Crippen molar-refractivity contribution in [3.63, 3.8) is 0 Å². The van der Waals surface area contributed by atoms with Gasteiger partial charge < -0.3 is 10.0 Å². The Morgan fingerprint density at radius 3 is 2.71 bits per heavy atom. The SMILES string of the molecule is Cc1nnc(N(CCO)C2CCC2)s1. The zero-order chi connectivity index (χ0) is 9.97. The van der Waals surface area contributed by atoms with Crippen molar-refractivity contribution in [3.05, 3.63) is 5.01 Å². The Morgan fingerprint density at radius 1 is 1.50 bits per heavy atom. The number of hydrogen-bond donors (Lipinski definition) is 1. The third kappa shape index (κ3) is 1.88. The van der Waals surface area contributed by atoms with Gasteiger partial charge in [-0.15, -0.1) is 10.2 Å². The number of aliphatic hydroxyl groups excluding tert-OH is 1. The molecule has 0 spiro atoms. The molecule has 0 aromatic carbocycles. The van der Waals surface area contributed by atoms with E-state index in [1.807, 2.05) is 6.92 Å². The lowest BCUT2D eigenvalue weighted by molar-refractivity contribution is 0.283. The minimum Gasteiger partial charge on any atom is -0.395 e. The van der Waals surface area contributed by atoms with Crippen molar-refractivity contribution in [1.82, 2.24) is 10.2 Å². The van der Waals surface area contributed by atoms with Crippen LogP contribution in [0.1, 0.15) is 24.3 Å². The summed E-state index contributed by atoms with van der Waals surface area (Å²) in [6.07, 6.45) is 3.74. The van der Waals surface area contributed by atoms with Crippen molar-refractivity contribution in [2.45, 2.75) is 32.2 Å². The average molecular weight is 213 g/mol. The highest BCUT2D eigenvalue weighted by atomic mass is 32.1. The fourth-order valence-corrected chi connectivity index (χ4v) is 2.43. The van der Waals surface area contributed by atoms with Gasteiger partial charge in [0.25, 0.3) is 0 Å². The van der Waals surface area contributed by atoms with E-state index in [1.165, 1.54) is 19.3 Å². The Morgan fingerprint density at radius 2 is 2.29 bits per heavy atom. The quantitative estimate of drug-likeness (QED) is 0.816. The maximum Gasteiger partial charge on any atom is 0.208 e. The molecule has 1 heterocycles. The number of aliphatic hydroxyl groups is 1. The van der Waals surface area contributed by atoms with Gasteiger partial charge in [-0.1, -0.05) is 11.3 Å². The van der Waals surface area contributed by atoms with Crippen LogP contribution in [-0.2, 0) is 0 Å². The molecule has 2 rings (SSSR count). The second kappa shape index (κ2) is 4.23. The smallest absolute Gasteiger partial charge is 0.208 e. The van der Waals surface area contributed by atoms with Gasteiger partial charge in [-0.25, -0.2) is 0 Å². The molecule has 0 aliphatic heterocycles. The van der Waals surface area contributed by atoms with Crippen LogP contribution in [0.3, 0.4) is 0 Å². The van der Waals surface area contributed by atoms with Crippen LogP contribution in [0.15, 0.2) is 0 Å². The number of nitrogens with zero attached hydrogens (tertiary/aromatic N) is 3. The van der Waals surface area contributed by atoms with E-state index in [4.69, 9.17) is 5.11 Å². The van der Waals surface area contributed by atoms with Crippen LogP contribution in [0.2, 0.25) is 0 Å². The standard InChI is InChI=1S/C9H15N3OS/c1-7-10-11-9(14-7)12(5-6-13)8-3-2-4-8/h8,13H,2-6H2,1H3. The van der Waals surface area contributed by atoms with Crippen LogP contribution in [0.25, 0.3) is 0 Å². The van der Waals surface area contributed by atoms with Gasteiger partial charge in [0.05, 0.1) is 6.61 Å². The van der Waals surface area contributed by atoms with Crippen molar-refractivity contribution in [2.24, 2.45) is 0 Å². The monoisotopic (exact) mass is 213 g/mol. The van der Waals surface area contributed by atoms with Gasteiger partial charge in [0.15, 0.2) is 0 Å². The maximum atomic E-state index is 8.99. The van der Waals surface area contributed by atoms with Crippen LogP contribution in [0.5, 0.6) is 0 Å². The molecular weight excluding hydrogens is 198 g/mol. The van der Waals surface area contributed by atoms with E-state index in [0.717, 1.165) is 10.1 Å². The predicted octanol–water partition coefficient (Wildman–Crippen LogP) is 1.20. The molecule has 4 nitrogen and oxygen atoms in total. The summed E-state index contributed by atoms with van der Waals surface area (Å²) in [5.41, 5.74) is 0. The maximum absolute atomic E-state index is 8.99. The predicted molar refractivity (Wildman–Crippen MR) is 56.7 cm³/mol. The Kier molecular flexibility index (Phi) is 2.98. The lowest BCUT2D eigenvalue weighted by atomic mass is 9.92. The first-order valence-corrected chi connectivity index (χ1v) is 5.80. The van der Waals surface area contributed by atoms with E-state index < -0.39 is 0 Å². The van der Waals surface area contributed by atoms with Crippen molar-refractivity contribution >= 4 is 16.5 Å². The topological polar surface area (TPSA) is 49.2 Å². The molecule has 1 aromatic rings. The van der Waals surface area contributed by atoms with Crippen LogP contribution in [-0.4, -0.2) is 34.5 Å². The molecule has 1 N–H and O–H groups in total. The fourth-order valence-electron chi connectivity index (χ4n) is 1.64. The molecule has 0 saturated heterocycles. The first-order chi connectivity index (χ1) is 6.81. The van der Waals surface area contributed by atoms with Gasteiger partial charge in [0, 0.05) is 12.6 Å². The van der Waals surface area contributed by atoms with E-state index in [1.54, 1.807) is 11.3 Å². The molecule has 14 heavy (non-hydrogen) atoms. The van der Waals surface area contributed by atoms with Gasteiger partial charge in [0.1, 0.15) is 5.01 Å². The second-order valence-electron chi connectivity index (χ2n) is 3.61. The number of rotatable bonds is 4. The molecule has 0 radical (unpaired) electrons. The largest absolute Gasteiger partial charge is 0.395 e. The van der Waals surface area contributed by atoms with Crippen LogP contribution in [0.4, 0.5) is 5.13 Å². The zero-order valence-electron chi connectivity index (χ0n) is 8.31. The summed E-state index contributed by atoms with van der Waals surface area (Å²) in [5, 5.41) is 19.1. The summed E-state index contributed by atoms with van der Waals surface area (Å²) in [5.74, 6) is 0. The number of aryl methyl sites for hydroxylation is 1. The molecule has 1 aliphatic rings. The van der Waals surface area contributed by atoms with Crippen LogP contribution in [0, 0.1) is 6.92 Å². The zero-order valence-corrected chi connectivity index (χ0v) is 9.13. The summed E-state index contributed by atoms with van der Waals surface area (Å²) >= 11 is 1.61. The molecule has 0 unspecified atom stereocenters. The summed E-state index contributed by atoms with van der Waals surface area (Å²) in [6, 6.07) is 0.578. The minimum absolute atomic E-state index is 0.190. The molecule has 0 bridgehead atoms. The molecule has 1 aromatic heterocycles. The molecule has 1 fully saturated rings. The van der Waals surface area contributed by atoms with Gasteiger partial charge in [0.2, 0.25) is 5.13 Å². The van der Waals surface area contributed by atoms with Gasteiger partial charge in [-0.05, 0) is 26.2 Å². The first-order valence-electron chi connectivity index (χ1n) is 4.99. The highest BCUT2D eigenvalue weighted by molar-refractivity contribution is 7.15.